The molecule has 0 heterocycles. The first-order chi connectivity index (χ1) is 2.77. The third-order valence-corrected chi connectivity index (χ3v) is 0.0430. The summed E-state index contributed by atoms with van der Waals surface area (Å²) in [5.74, 6) is 0. The summed E-state index contributed by atoms with van der Waals surface area (Å²) < 4.78 is 12.3. The van der Waals surface area contributed by atoms with Gasteiger partial charge in [-0.2, -0.15) is 0 Å². The van der Waals surface area contributed by atoms with E-state index in [0.29, 0.717) is 0 Å². The Labute approximate surface area is 26.3 Å². The largest absolute Gasteiger partial charge is 0.367 e. The van der Waals surface area contributed by atoms with Crippen molar-refractivity contribution in [2.75, 3.05) is 7.06 Å². The summed E-state index contributed by atoms with van der Waals surface area (Å²) >= 11 is 0. The molecule has 0 aromatic heterocycles. The zero-order valence-electron chi connectivity index (χ0n) is 3.84. The highest BCUT2D eigenvalue weighted by Gasteiger charge is 1.44. The van der Waals surface area contributed by atoms with Gasteiger partial charge in [0, 0.05) is 0 Å². The van der Waals surface area contributed by atoms with Gasteiger partial charge >= 0.3 is 0 Å². The molecule has 3 heteroatoms. The van der Waals surface area contributed by atoms with Gasteiger partial charge in [0.25, 0.3) is 0 Å². The number of rotatable bonds is 1. The van der Waals surface area contributed by atoms with Crippen LogP contribution >= 0.6 is 0 Å². The highest BCUT2D eigenvalue weighted by atomic mass is 16.7. The summed E-state index contributed by atoms with van der Waals surface area (Å²) in [6.07, 6.45) is 0. The van der Waals surface area contributed by atoms with Crippen LogP contribution in [-0.4, -0.2) is 7.06 Å². The molecule has 0 unspecified atom stereocenters. The van der Waals surface area contributed by atoms with Gasteiger partial charge in [-0.05, 0) is 0 Å². The van der Waals surface area contributed by atoms with Crippen LogP contribution < -0.4 is 0 Å². The lowest BCUT2D eigenvalue weighted by molar-refractivity contribution is 0.208. The van der Waals surface area contributed by atoms with Crippen LogP contribution in [0, 0.1) is 4.91 Å². The van der Waals surface area contributed by atoms with Gasteiger partial charge in [-0.25, -0.2) is 0 Å². The van der Waals surface area contributed by atoms with Gasteiger partial charge in [-0.1, -0.05) is 0 Å². The molecule has 24 valence electrons. The Kier molecular flexibility index (Phi) is 0.607. The predicted molar refractivity (Wildman–Crippen MR) is 12.8 cm³/mol. The molecular weight excluding hydrogens is 58.0 g/mol. The molecule has 0 aliphatic carbocycles. The summed E-state index contributed by atoms with van der Waals surface area (Å²) in [5, 5.41) is 1.81. The average molecular weight is 63.1 g/mol. The van der Waals surface area contributed by atoms with Gasteiger partial charge in [0.05, 0.1) is 2.74 Å². The maximum absolute atomic E-state index is 8.90. The van der Waals surface area contributed by atoms with Crippen molar-refractivity contribution in [3.05, 3.63) is 4.91 Å². The minimum absolute atomic E-state index is 1.58. The first-order valence-corrected chi connectivity index (χ1v) is 0.601. The Hall–Kier alpha value is -0.600. The van der Waals surface area contributed by atoms with Crippen LogP contribution in [0.1, 0.15) is 2.74 Å². The van der Waals surface area contributed by atoms with Crippen molar-refractivity contribution in [1.29, 1.82) is 0 Å². The fourth-order valence-corrected chi connectivity index (χ4v) is 0. The molecule has 0 bridgehead atoms. The molecule has 0 N–H and O–H groups in total. The van der Waals surface area contributed by atoms with E-state index in [-0.39, 0.29) is 0 Å². The Morgan fingerprint density at radius 3 is 3.25 bits per heavy atom. The monoisotopic (exact) mass is 63.0 g/mol. The van der Waals surface area contributed by atoms with Gasteiger partial charge in [-0.3, -0.25) is 0 Å². The molecule has 0 amide bonds. The molecule has 0 aliphatic heterocycles. The van der Waals surface area contributed by atoms with Crippen molar-refractivity contribution in [2.24, 2.45) is 5.34 Å². The molecule has 0 aliphatic rings. The van der Waals surface area contributed by atoms with Crippen LogP contribution in [0.15, 0.2) is 5.34 Å². The van der Waals surface area contributed by atoms with Crippen molar-refractivity contribution < 1.29 is 7.58 Å². The number of hydrogen-bond acceptors (Lipinski definition) is 3. The van der Waals surface area contributed by atoms with Gasteiger partial charge in [0.15, 0.2) is 5.34 Å². The predicted octanol–water partition coefficient (Wildman–Crippen LogP) is 0.314. The standard InChI is InChI=1S/CH3NO2/c1-4-2-3/h1H3/i1D2. The Balaban J connectivity index is 2.81. The molecule has 0 atom stereocenters. The van der Waals surface area contributed by atoms with E-state index in [1.807, 2.05) is 5.34 Å². The van der Waals surface area contributed by atoms with Gasteiger partial charge in [0.1, 0.15) is 7.06 Å². The van der Waals surface area contributed by atoms with Crippen LogP contribution in [0.3, 0.4) is 0 Å². The van der Waals surface area contributed by atoms with Crippen LogP contribution in [0.4, 0.5) is 0 Å². The van der Waals surface area contributed by atoms with Gasteiger partial charge in [-0.15, -0.1) is 4.91 Å². The highest BCUT2D eigenvalue weighted by Crippen LogP contribution is 1.52. The topological polar surface area (TPSA) is 38.7 Å². The summed E-state index contributed by atoms with van der Waals surface area (Å²) in [4.78, 5) is 12.3. The normalized spacial score (nSPS) is 13.2. The Bertz CT molecular complexity index is 46.8. The van der Waals surface area contributed by atoms with Crippen LogP contribution in [-0.2, 0) is 4.84 Å². The molecule has 4 heavy (non-hydrogen) atoms. The highest BCUT2D eigenvalue weighted by molar-refractivity contribution is 3.90. The number of nitrogens with zero attached hydrogens (tertiary/aromatic N) is 1. The molecule has 0 aromatic carbocycles. The maximum atomic E-state index is 8.90. The Morgan fingerprint density at radius 1 is 2.50 bits per heavy atom. The lowest BCUT2D eigenvalue weighted by Crippen LogP contribution is -1.53. The average Bonchev–Trinajstić information content (AvgIpc) is 1.35. The molecule has 0 fully saturated rings. The molecule has 0 aromatic rings. The van der Waals surface area contributed by atoms with E-state index in [2.05, 4.69) is 4.84 Å². The lowest BCUT2D eigenvalue weighted by Gasteiger charge is -1.63. The fraction of sp³-hybridized carbons (Fsp3) is 1.00. The zero-order chi connectivity index (χ0) is 4.99. The fourth-order valence-electron chi connectivity index (χ4n) is 0. The SMILES string of the molecule is [2H]C([2H])ON=O. The van der Waals surface area contributed by atoms with Crippen molar-refractivity contribution >= 4 is 0 Å². The number of hydrogen-bond donors (Lipinski definition) is 0. The van der Waals surface area contributed by atoms with Crippen molar-refractivity contribution in [3.63, 3.8) is 0 Å². The summed E-state index contributed by atoms with van der Waals surface area (Å²) in [6.45, 7) is 0. The lowest BCUT2D eigenvalue weighted by atomic mass is 11.7. The van der Waals surface area contributed by atoms with Gasteiger partial charge in [0.2, 0.25) is 0 Å². The minimum atomic E-state index is -1.58. The van der Waals surface area contributed by atoms with E-state index < -0.39 is 7.06 Å². The van der Waals surface area contributed by atoms with Crippen LogP contribution in [0.2, 0.25) is 0 Å². The van der Waals surface area contributed by atoms with E-state index in [1.54, 1.807) is 0 Å². The molecule has 0 spiro atoms. The second-order valence-electron chi connectivity index (χ2n) is 0.180. The molecule has 0 saturated carbocycles. The summed E-state index contributed by atoms with van der Waals surface area (Å²) in [6, 6.07) is 0. The van der Waals surface area contributed by atoms with E-state index in [1.165, 1.54) is 0 Å². The molecule has 0 rings (SSSR count). The molecule has 3 nitrogen and oxygen atoms in total. The summed E-state index contributed by atoms with van der Waals surface area (Å²) in [5.41, 5.74) is 0. The van der Waals surface area contributed by atoms with E-state index in [4.69, 9.17) is 7.65 Å². The van der Waals surface area contributed by atoms with Gasteiger partial charge < -0.3 is 4.84 Å². The smallest absolute Gasteiger partial charge is 0.154 e. The minimum Gasteiger partial charge on any atom is -0.367 e. The third kappa shape index (κ3) is 1.40. The summed E-state index contributed by atoms with van der Waals surface area (Å²) in [7, 11) is -1.58. The van der Waals surface area contributed by atoms with Crippen LogP contribution in [0.25, 0.3) is 0 Å². The first kappa shape index (κ1) is 1.01. The van der Waals surface area contributed by atoms with Crippen LogP contribution in [0.5, 0.6) is 0 Å². The molecular formula is CH3NO2. The Morgan fingerprint density at radius 2 is 3.25 bits per heavy atom. The van der Waals surface area contributed by atoms with Crippen molar-refractivity contribution in [3.8, 4) is 0 Å². The second kappa shape index (κ2) is 2.40. The van der Waals surface area contributed by atoms with Crippen molar-refractivity contribution in [1.82, 2.24) is 0 Å². The first-order valence-electron chi connectivity index (χ1n) is 1.76. The maximum Gasteiger partial charge on any atom is 0.154 e. The quantitative estimate of drug-likeness (QED) is 0.324. The second-order valence-corrected chi connectivity index (χ2v) is 0.180. The molecule has 0 saturated heterocycles. The van der Waals surface area contributed by atoms with E-state index in [0.717, 1.165) is 0 Å². The third-order valence-electron chi connectivity index (χ3n) is 0.0430. The zero-order valence-corrected chi connectivity index (χ0v) is 1.84. The van der Waals surface area contributed by atoms with E-state index >= 15 is 0 Å². The molecule has 0 radical (unpaired) electrons. The van der Waals surface area contributed by atoms with Crippen molar-refractivity contribution in [2.45, 2.75) is 0 Å². The van der Waals surface area contributed by atoms with E-state index in [9.17, 15) is 0 Å².